The first-order chi connectivity index (χ1) is 9.63. The molecule has 0 atom stereocenters. The summed E-state index contributed by atoms with van der Waals surface area (Å²) in [4.78, 5) is 4.64. The first-order valence-corrected chi connectivity index (χ1v) is 6.64. The number of pyridine rings is 1. The number of allylic oxidation sites excluding steroid dienone is 4. The summed E-state index contributed by atoms with van der Waals surface area (Å²) in [6, 6.07) is 4.98. The van der Waals surface area contributed by atoms with E-state index in [9.17, 15) is 10.2 Å². The maximum Gasteiger partial charge on any atom is 0.116 e. The lowest BCUT2D eigenvalue weighted by molar-refractivity contribution is 0.399. The third-order valence-corrected chi connectivity index (χ3v) is 4.08. The van der Waals surface area contributed by atoms with Crippen LogP contribution in [0.1, 0.15) is 17.7 Å². The Morgan fingerprint density at radius 1 is 1.15 bits per heavy atom. The lowest BCUT2D eigenvalue weighted by Crippen LogP contribution is -1.96. The number of benzene rings is 1. The maximum atomic E-state index is 9.62. The van der Waals surface area contributed by atoms with Crippen LogP contribution < -0.4 is 0 Å². The molecule has 0 fully saturated rings. The third kappa shape index (κ3) is 1.50. The van der Waals surface area contributed by atoms with E-state index in [2.05, 4.69) is 4.98 Å². The Kier molecular flexibility index (Phi) is 2.24. The van der Waals surface area contributed by atoms with Gasteiger partial charge in [-0.3, -0.25) is 0 Å². The van der Waals surface area contributed by atoms with E-state index in [-0.39, 0.29) is 5.75 Å². The monoisotopic (exact) mass is 283 g/mol. The van der Waals surface area contributed by atoms with E-state index in [1.165, 1.54) is 0 Å². The molecule has 2 aromatic rings. The van der Waals surface area contributed by atoms with Crippen molar-refractivity contribution >= 4 is 34.2 Å². The maximum absolute atomic E-state index is 9.62. The first-order valence-electron chi connectivity index (χ1n) is 6.27. The fraction of sp³-hybridized carbons (Fsp3) is 0.0625. The van der Waals surface area contributed by atoms with Crippen LogP contribution in [0.4, 0.5) is 0 Å². The highest BCUT2D eigenvalue weighted by molar-refractivity contribution is 6.37. The zero-order chi connectivity index (χ0) is 13.9. The van der Waals surface area contributed by atoms with E-state index >= 15 is 0 Å². The van der Waals surface area contributed by atoms with Gasteiger partial charge >= 0.3 is 0 Å². The number of phenols is 1. The fourth-order valence-electron chi connectivity index (χ4n) is 2.73. The Bertz CT molecular complexity index is 862. The standard InChI is InChI=1S/C16H10ClNO2/c17-15-12-7-10(20)2-4-14(12)18-16-11-3-1-9(19)5-8(11)6-13(15)16/h1-4,6-7,19-20H,5H2. The van der Waals surface area contributed by atoms with Crippen molar-refractivity contribution in [2.24, 2.45) is 0 Å². The third-order valence-electron chi connectivity index (χ3n) is 3.67. The van der Waals surface area contributed by atoms with Crippen LogP contribution in [0.15, 0.2) is 41.7 Å². The zero-order valence-electron chi connectivity index (χ0n) is 10.4. The minimum absolute atomic E-state index is 0.169. The average molecular weight is 284 g/mol. The molecule has 4 rings (SSSR count). The first kappa shape index (κ1) is 11.6. The van der Waals surface area contributed by atoms with Gasteiger partial charge in [-0.25, -0.2) is 4.98 Å². The second-order valence-electron chi connectivity index (χ2n) is 4.97. The summed E-state index contributed by atoms with van der Waals surface area (Å²) in [5, 5.41) is 20.5. The van der Waals surface area contributed by atoms with Crippen molar-refractivity contribution in [3.8, 4) is 5.75 Å². The highest BCUT2D eigenvalue weighted by Crippen LogP contribution is 2.44. The van der Waals surface area contributed by atoms with Crippen LogP contribution >= 0.6 is 11.6 Å². The number of hydrogen-bond acceptors (Lipinski definition) is 3. The molecular formula is C16H10ClNO2. The van der Waals surface area contributed by atoms with Gasteiger partial charge in [0, 0.05) is 22.9 Å². The van der Waals surface area contributed by atoms with Crippen LogP contribution in [0.25, 0.3) is 22.6 Å². The van der Waals surface area contributed by atoms with Crippen molar-refractivity contribution in [1.29, 1.82) is 0 Å². The van der Waals surface area contributed by atoms with Crippen LogP contribution in [-0.4, -0.2) is 15.2 Å². The predicted molar refractivity (Wildman–Crippen MR) is 79.7 cm³/mol. The zero-order valence-corrected chi connectivity index (χ0v) is 11.1. The largest absolute Gasteiger partial charge is 0.512 e. The number of aromatic hydroxyl groups is 1. The molecule has 1 aromatic carbocycles. The molecule has 0 amide bonds. The molecule has 98 valence electrons. The Balaban J connectivity index is 2.04. The number of aliphatic hydroxyl groups is 1. The van der Waals surface area contributed by atoms with Gasteiger partial charge in [0.25, 0.3) is 0 Å². The van der Waals surface area contributed by atoms with Crippen molar-refractivity contribution < 1.29 is 10.2 Å². The van der Waals surface area contributed by atoms with Gasteiger partial charge in [-0.1, -0.05) is 11.6 Å². The van der Waals surface area contributed by atoms with Gasteiger partial charge in [-0.2, -0.15) is 0 Å². The molecule has 3 nitrogen and oxygen atoms in total. The summed E-state index contributed by atoms with van der Waals surface area (Å²) in [5.74, 6) is 0.508. The van der Waals surface area contributed by atoms with Crippen LogP contribution in [0.3, 0.4) is 0 Å². The van der Waals surface area contributed by atoms with E-state index in [1.807, 2.05) is 12.2 Å². The SMILES string of the molecule is OC1=CC=C2C(=Cc3c2nc2ccc(O)cc2c3Cl)C1. The van der Waals surface area contributed by atoms with Gasteiger partial charge in [-0.15, -0.1) is 0 Å². The summed E-state index contributed by atoms with van der Waals surface area (Å²) in [6.07, 6.45) is 6.02. The van der Waals surface area contributed by atoms with E-state index in [1.54, 1.807) is 24.3 Å². The molecule has 4 heteroatoms. The van der Waals surface area contributed by atoms with E-state index < -0.39 is 0 Å². The fourth-order valence-corrected chi connectivity index (χ4v) is 3.03. The predicted octanol–water partition coefficient (Wildman–Crippen LogP) is 4.22. The van der Waals surface area contributed by atoms with Gasteiger partial charge in [0.2, 0.25) is 0 Å². The Morgan fingerprint density at radius 2 is 2.00 bits per heavy atom. The topological polar surface area (TPSA) is 53.4 Å². The highest BCUT2D eigenvalue weighted by Gasteiger charge is 2.26. The highest BCUT2D eigenvalue weighted by atomic mass is 35.5. The van der Waals surface area contributed by atoms with Crippen molar-refractivity contribution in [2.45, 2.75) is 6.42 Å². The normalized spacial score (nSPS) is 16.4. The molecule has 0 bridgehead atoms. The summed E-state index contributed by atoms with van der Waals surface area (Å²) in [6.45, 7) is 0. The molecule has 2 N–H and O–H groups in total. The molecule has 0 spiro atoms. The van der Waals surface area contributed by atoms with Gasteiger partial charge in [0.1, 0.15) is 5.75 Å². The number of aromatic nitrogens is 1. The Morgan fingerprint density at radius 3 is 2.85 bits per heavy atom. The van der Waals surface area contributed by atoms with Crippen LogP contribution in [-0.2, 0) is 0 Å². The minimum atomic E-state index is 0.169. The summed E-state index contributed by atoms with van der Waals surface area (Å²) in [7, 11) is 0. The van der Waals surface area contributed by atoms with Crippen LogP contribution in [0, 0.1) is 0 Å². The number of phenolic OH excluding ortho intramolecular Hbond substituents is 1. The molecule has 0 radical (unpaired) electrons. The molecule has 0 unspecified atom stereocenters. The summed E-state index contributed by atoms with van der Waals surface area (Å²) < 4.78 is 0. The average Bonchev–Trinajstić information content (AvgIpc) is 2.78. The number of nitrogens with zero attached hydrogens (tertiary/aromatic N) is 1. The smallest absolute Gasteiger partial charge is 0.116 e. The second-order valence-corrected chi connectivity index (χ2v) is 5.35. The van der Waals surface area contributed by atoms with Crippen LogP contribution in [0.2, 0.25) is 5.02 Å². The van der Waals surface area contributed by atoms with Crippen molar-refractivity contribution in [3.05, 3.63) is 58.0 Å². The second kappa shape index (κ2) is 3.87. The molecule has 0 aliphatic heterocycles. The molecule has 1 heterocycles. The molecule has 1 aromatic heterocycles. The van der Waals surface area contributed by atoms with E-state index in [0.717, 1.165) is 33.3 Å². The molecule has 20 heavy (non-hydrogen) atoms. The van der Waals surface area contributed by atoms with Gasteiger partial charge < -0.3 is 10.2 Å². The summed E-state index contributed by atoms with van der Waals surface area (Å²) in [5.41, 5.74) is 4.48. The van der Waals surface area contributed by atoms with Gasteiger partial charge in [0.05, 0.1) is 22.0 Å². The molecular weight excluding hydrogens is 274 g/mol. The van der Waals surface area contributed by atoms with Crippen molar-refractivity contribution in [1.82, 2.24) is 4.98 Å². The molecule has 2 aliphatic carbocycles. The summed E-state index contributed by atoms with van der Waals surface area (Å²) >= 11 is 6.46. The van der Waals surface area contributed by atoms with Crippen molar-refractivity contribution in [3.63, 3.8) is 0 Å². The molecule has 0 saturated heterocycles. The molecule has 0 saturated carbocycles. The number of hydrogen-bond donors (Lipinski definition) is 2. The van der Waals surface area contributed by atoms with E-state index in [4.69, 9.17) is 11.6 Å². The number of fused-ring (bicyclic) bond motifs is 4. The minimum Gasteiger partial charge on any atom is -0.512 e. The lowest BCUT2D eigenvalue weighted by Gasteiger charge is -2.11. The van der Waals surface area contributed by atoms with Crippen LogP contribution in [0.5, 0.6) is 5.75 Å². The number of halogens is 1. The quantitative estimate of drug-likeness (QED) is 0.761. The van der Waals surface area contributed by atoms with Crippen molar-refractivity contribution in [2.75, 3.05) is 0 Å². The van der Waals surface area contributed by atoms with E-state index in [0.29, 0.717) is 17.2 Å². The van der Waals surface area contributed by atoms with Gasteiger partial charge in [0.15, 0.2) is 0 Å². The Hall–Kier alpha value is -2.26. The van der Waals surface area contributed by atoms with Gasteiger partial charge in [-0.05, 0) is 42.0 Å². The lowest BCUT2D eigenvalue weighted by atomic mass is 9.99. The number of rotatable bonds is 0. The Labute approximate surface area is 120 Å². The number of aliphatic hydroxyl groups excluding tert-OH is 1. The molecule has 2 aliphatic rings.